The molecule has 1 aromatic heterocycles. The predicted octanol–water partition coefficient (Wildman–Crippen LogP) is 5.01. The average molecular weight is 331 g/mol. The van der Waals surface area contributed by atoms with Crippen LogP contribution in [0, 0.1) is 0 Å². The molecule has 0 aliphatic rings. The zero-order valence-electron chi connectivity index (χ0n) is 9.41. The molecule has 0 fully saturated rings. The van der Waals surface area contributed by atoms with Crippen molar-refractivity contribution >= 4 is 38.9 Å². The molecular formula is C13H13BrClNS. The molecule has 0 aliphatic heterocycles. The van der Waals surface area contributed by atoms with E-state index in [-0.39, 0.29) is 0 Å². The summed E-state index contributed by atoms with van der Waals surface area (Å²) in [5.41, 5.74) is 1.28. The molecule has 0 bridgehead atoms. The Balaban J connectivity index is 1.95. The van der Waals surface area contributed by atoms with Crippen molar-refractivity contribution in [2.75, 3.05) is 0 Å². The van der Waals surface area contributed by atoms with Crippen molar-refractivity contribution < 1.29 is 0 Å². The molecule has 1 heterocycles. The summed E-state index contributed by atoms with van der Waals surface area (Å²) in [4.78, 5) is 1.26. The third-order valence-electron chi connectivity index (χ3n) is 2.56. The smallest absolute Gasteiger partial charge is 0.0931 e. The summed E-state index contributed by atoms with van der Waals surface area (Å²) in [6, 6.07) is 12.7. The first-order valence-electron chi connectivity index (χ1n) is 5.38. The maximum atomic E-state index is 5.90. The van der Waals surface area contributed by atoms with E-state index < -0.39 is 0 Å². The van der Waals surface area contributed by atoms with Crippen LogP contribution in [0.15, 0.2) is 40.9 Å². The van der Waals surface area contributed by atoms with Crippen molar-refractivity contribution in [3.05, 3.63) is 55.6 Å². The van der Waals surface area contributed by atoms with Crippen LogP contribution in [0.2, 0.25) is 4.34 Å². The van der Waals surface area contributed by atoms with Gasteiger partial charge < -0.3 is 5.32 Å². The van der Waals surface area contributed by atoms with E-state index in [0.717, 1.165) is 15.4 Å². The number of rotatable bonds is 4. The molecule has 0 spiro atoms. The van der Waals surface area contributed by atoms with Crippen molar-refractivity contribution in [3.8, 4) is 0 Å². The van der Waals surface area contributed by atoms with Gasteiger partial charge in [-0.05, 0) is 36.8 Å². The highest BCUT2D eigenvalue weighted by Gasteiger charge is 2.06. The van der Waals surface area contributed by atoms with E-state index in [2.05, 4.69) is 52.4 Å². The third-order valence-corrected chi connectivity index (χ3v) is 4.28. The van der Waals surface area contributed by atoms with Crippen LogP contribution in [0.5, 0.6) is 0 Å². The molecule has 4 heteroatoms. The number of nitrogens with one attached hydrogen (secondary N) is 1. The lowest BCUT2D eigenvalue weighted by molar-refractivity contribution is 0.578. The zero-order chi connectivity index (χ0) is 12.3. The molecule has 1 aromatic carbocycles. The van der Waals surface area contributed by atoms with E-state index in [1.807, 2.05) is 12.1 Å². The minimum absolute atomic E-state index is 0.327. The van der Waals surface area contributed by atoms with Gasteiger partial charge in [0, 0.05) is 21.9 Å². The SMILES string of the molecule is C[C@H](NCc1ccc(Cl)s1)c1cccc(Br)c1. The van der Waals surface area contributed by atoms with E-state index in [0.29, 0.717) is 6.04 Å². The molecule has 1 N–H and O–H groups in total. The fourth-order valence-electron chi connectivity index (χ4n) is 1.59. The van der Waals surface area contributed by atoms with Crippen molar-refractivity contribution in [2.45, 2.75) is 19.5 Å². The number of hydrogen-bond acceptors (Lipinski definition) is 2. The largest absolute Gasteiger partial charge is 0.305 e. The normalized spacial score (nSPS) is 12.6. The quantitative estimate of drug-likeness (QED) is 0.830. The van der Waals surface area contributed by atoms with Crippen LogP contribution in [0.3, 0.4) is 0 Å². The fourth-order valence-corrected chi connectivity index (χ4v) is 3.05. The first-order chi connectivity index (χ1) is 8.15. The summed E-state index contributed by atoms with van der Waals surface area (Å²) in [5.74, 6) is 0. The van der Waals surface area contributed by atoms with Crippen LogP contribution in [0.25, 0.3) is 0 Å². The van der Waals surface area contributed by atoms with Gasteiger partial charge in [0.25, 0.3) is 0 Å². The Kier molecular flexibility index (Phi) is 4.62. The van der Waals surface area contributed by atoms with E-state index >= 15 is 0 Å². The summed E-state index contributed by atoms with van der Waals surface area (Å²) in [6.07, 6.45) is 0. The minimum atomic E-state index is 0.327. The Morgan fingerprint density at radius 3 is 2.82 bits per heavy atom. The van der Waals surface area contributed by atoms with Gasteiger partial charge in [0.15, 0.2) is 0 Å². The van der Waals surface area contributed by atoms with E-state index in [1.54, 1.807) is 11.3 Å². The van der Waals surface area contributed by atoms with Crippen molar-refractivity contribution in [1.82, 2.24) is 5.32 Å². The van der Waals surface area contributed by atoms with Crippen LogP contribution in [-0.2, 0) is 6.54 Å². The predicted molar refractivity (Wildman–Crippen MR) is 78.7 cm³/mol. The lowest BCUT2D eigenvalue weighted by Gasteiger charge is -2.13. The van der Waals surface area contributed by atoms with Crippen LogP contribution in [-0.4, -0.2) is 0 Å². The van der Waals surface area contributed by atoms with Crippen molar-refractivity contribution in [1.29, 1.82) is 0 Å². The van der Waals surface area contributed by atoms with E-state index in [9.17, 15) is 0 Å². The fraction of sp³-hybridized carbons (Fsp3) is 0.231. The second-order valence-corrected chi connectivity index (χ2v) is 6.58. The number of thiophene rings is 1. The van der Waals surface area contributed by atoms with Crippen molar-refractivity contribution in [2.24, 2.45) is 0 Å². The molecule has 0 saturated heterocycles. The Morgan fingerprint density at radius 1 is 1.35 bits per heavy atom. The summed E-state index contributed by atoms with van der Waals surface area (Å²) in [6.45, 7) is 3.02. The summed E-state index contributed by atoms with van der Waals surface area (Å²) in [7, 11) is 0. The maximum Gasteiger partial charge on any atom is 0.0931 e. The number of halogens is 2. The molecule has 0 saturated carbocycles. The van der Waals surface area contributed by atoms with Gasteiger partial charge in [-0.1, -0.05) is 39.7 Å². The van der Waals surface area contributed by atoms with Gasteiger partial charge in [0.1, 0.15) is 0 Å². The number of benzene rings is 1. The number of hydrogen-bond donors (Lipinski definition) is 1. The molecule has 2 rings (SSSR count). The first-order valence-corrected chi connectivity index (χ1v) is 7.37. The third kappa shape index (κ3) is 3.81. The van der Waals surface area contributed by atoms with Gasteiger partial charge in [-0.15, -0.1) is 11.3 Å². The maximum absolute atomic E-state index is 5.90. The first kappa shape index (κ1) is 13.1. The molecule has 1 nitrogen and oxygen atoms in total. The van der Waals surface area contributed by atoms with Crippen LogP contribution in [0.1, 0.15) is 23.4 Å². The van der Waals surface area contributed by atoms with Gasteiger partial charge in [0.2, 0.25) is 0 Å². The average Bonchev–Trinajstić information content (AvgIpc) is 2.72. The molecular weight excluding hydrogens is 318 g/mol. The monoisotopic (exact) mass is 329 g/mol. The van der Waals surface area contributed by atoms with Crippen molar-refractivity contribution in [3.63, 3.8) is 0 Å². The standard InChI is InChI=1S/C13H13BrClNS/c1-9(10-3-2-4-11(14)7-10)16-8-12-5-6-13(15)17-12/h2-7,9,16H,8H2,1H3/t9-/m0/s1. The molecule has 17 heavy (non-hydrogen) atoms. The highest BCUT2D eigenvalue weighted by atomic mass is 79.9. The Labute approximate surface area is 119 Å². The summed E-state index contributed by atoms with van der Waals surface area (Å²) < 4.78 is 1.96. The highest BCUT2D eigenvalue weighted by molar-refractivity contribution is 9.10. The van der Waals surface area contributed by atoms with E-state index in [1.165, 1.54) is 10.4 Å². The molecule has 2 aromatic rings. The second-order valence-electron chi connectivity index (χ2n) is 3.86. The van der Waals surface area contributed by atoms with Crippen LogP contribution >= 0.6 is 38.9 Å². The van der Waals surface area contributed by atoms with Crippen LogP contribution < -0.4 is 5.32 Å². The Hall–Kier alpha value is -0.350. The Morgan fingerprint density at radius 2 is 2.18 bits per heavy atom. The van der Waals surface area contributed by atoms with Gasteiger partial charge in [-0.2, -0.15) is 0 Å². The second kappa shape index (κ2) is 6.01. The lowest BCUT2D eigenvalue weighted by atomic mass is 10.1. The van der Waals surface area contributed by atoms with Gasteiger partial charge >= 0.3 is 0 Å². The molecule has 90 valence electrons. The van der Waals surface area contributed by atoms with Gasteiger partial charge in [-0.3, -0.25) is 0 Å². The topological polar surface area (TPSA) is 12.0 Å². The highest BCUT2D eigenvalue weighted by Crippen LogP contribution is 2.23. The molecule has 0 amide bonds. The van der Waals surface area contributed by atoms with Gasteiger partial charge in [-0.25, -0.2) is 0 Å². The zero-order valence-corrected chi connectivity index (χ0v) is 12.6. The van der Waals surface area contributed by atoms with Gasteiger partial charge in [0.05, 0.1) is 4.34 Å². The summed E-state index contributed by atoms with van der Waals surface area (Å²) in [5, 5.41) is 3.49. The van der Waals surface area contributed by atoms with E-state index in [4.69, 9.17) is 11.6 Å². The summed E-state index contributed by atoms with van der Waals surface area (Å²) >= 11 is 11.0. The molecule has 0 unspecified atom stereocenters. The molecule has 1 atom stereocenters. The lowest BCUT2D eigenvalue weighted by Crippen LogP contribution is -2.17. The molecule has 0 aliphatic carbocycles. The minimum Gasteiger partial charge on any atom is -0.305 e. The van der Waals surface area contributed by atoms with Crippen LogP contribution in [0.4, 0.5) is 0 Å². The Bertz CT molecular complexity index is 498. The molecule has 0 radical (unpaired) electrons.